The van der Waals surface area contributed by atoms with Crippen molar-refractivity contribution in [2.45, 2.75) is 37.6 Å². The number of nitrogens with two attached hydrogens (primary N) is 1. The lowest BCUT2D eigenvalue weighted by Gasteiger charge is -2.14. The van der Waals surface area contributed by atoms with Crippen LogP contribution in [0.2, 0.25) is 0 Å². The highest BCUT2D eigenvalue weighted by molar-refractivity contribution is 7.98. The standard InChI is InChI=1S/C13H21NS/c1-10(2)8-12(14)9-11-4-6-13(15-3)7-5-11/h4-7,10,12H,8-9,14H2,1-3H3. The molecule has 0 aliphatic carbocycles. The Hall–Kier alpha value is -0.470. The molecule has 2 heteroatoms. The van der Waals surface area contributed by atoms with Crippen LogP contribution in [0.25, 0.3) is 0 Å². The van der Waals surface area contributed by atoms with Gasteiger partial charge in [0.2, 0.25) is 0 Å². The third-order valence-corrected chi connectivity index (χ3v) is 3.17. The van der Waals surface area contributed by atoms with E-state index in [0.717, 1.165) is 12.8 Å². The molecule has 15 heavy (non-hydrogen) atoms. The van der Waals surface area contributed by atoms with Crippen LogP contribution in [-0.4, -0.2) is 12.3 Å². The lowest BCUT2D eigenvalue weighted by Crippen LogP contribution is -2.24. The molecule has 1 atom stereocenters. The van der Waals surface area contributed by atoms with Crippen molar-refractivity contribution in [2.24, 2.45) is 11.7 Å². The fourth-order valence-electron chi connectivity index (χ4n) is 1.75. The molecule has 0 saturated carbocycles. The number of thioether (sulfide) groups is 1. The van der Waals surface area contributed by atoms with E-state index in [1.165, 1.54) is 10.5 Å². The highest BCUT2D eigenvalue weighted by Crippen LogP contribution is 2.16. The summed E-state index contributed by atoms with van der Waals surface area (Å²) in [6.45, 7) is 4.44. The second-order valence-electron chi connectivity index (χ2n) is 4.44. The molecule has 1 aromatic carbocycles. The molecule has 0 aliphatic rings. The zero-order valence-corrected chi connectivity index (χ0v) is 10.7. The molecule has 0 spiro atoms. The van der Waals surface area contributed by atoms with Gasteiger partial charge in [0.1, 0.15) is 0 Å². The SMILES string of the molecule is CSc1ccc(CC(N)CC(C)C)cc1. The first-order chi connectivity index (χ1) is 7.11. The van der Waals surface area contributed by atoms with Crippen molar-refractivity contribution >= 4 is 11.8 Å². The van der Waals surface area contributed by atoms with E-state index >= 15 is 0 Å². The second kappa shape index (κ2) is 6.19. The summed E-state index contributed by atoms with van der Waals surface area (Å²) in [5.41, 5.74) is 7.42. The third-order valence-electron chi connectivity index (χ3n) is 2.43. The fourth-order valence-corrected chi connectivity index (χ4v) is 2.16. The Morgan fingerprint density at radius 3 is 2.27 bits per heavy atom. The number of hydrogen-bond acceptors (Lipinski definition) is 2. The van der Waals surface area contributed by atoms with E-state index in [9.17, 15) is 0 Å². The summed E-state index contributed by atoms with van der Waals surface area (Å²) in [6.07, 6.45) is 4.19. The van der Waals surface area contributed by atoms with Crippen molar-refractivity contribution in [3.8, 4) is 0 Å². The van der Waals surface area contributed by atoms with Crippen LogP contribution in [0, 0.1) is 5.92 Å². The van der Waals surface area contributed by atoms with Gasteiger partial charge in [0.15, 0.2) is 0 Å². The lowest BCUT2D eigenvalue weighted by atomic mass is 9.98. The van der Waals surface area contributed by atoms with E-state index in [2.05, 4.69) is 44.4 Å². The predicted molar refractivity (Wildman–Crippen MR) is 69.4 cm³/mol. The summed E-state index contributed by atoms with van der Waals surface area (Å²) in [5, 5.41) is 0. The van der Waals surface area contributed by atoms with Crippen molar-refractivity contribution in [2.75, 3.05) is 6.26 Å². The van der Waals surface area contributed by atoms with Crippen molar-refractivity contribution in [1.82, 2.24) is 0 Å². The van der Waals surface area contributed by atoms with Gasteiger partial charge in [-0.05, 0) is 42.7 Å². The molecule has 2 N–H and O–H groups in total. The quantitative estimate of drug-likeness (QED) is 0.775. The van der Waals surface area contributed by atoms with Crippen LogP contribution >= 0.6 is 11.8 Å². The van der Waals surface area contributed by atoms with Crippen molar-refractivity contribution in [3.05, 3.63) is 29.8 Å². The molecule has 0 amide bonds. The van der Waals surface area contributed by atoms with E-state index in [0.29, 0.717) is 12.0 Å². The zero-order valence-electron chi connectivity index (χ0n) is 9.86. The Kier molecular flexibility index (Phi) is 5.20. The molecule has 0 saturated heterocycles. The average Bonchev–Trinajstić information content (AvgIpc) is 2.17. The number of hydrogen-bond donors (Lipinski definition) is 1. The molecule has 1 rings (SSSR count). The maximum atomic E-state index is 6.07. The molecule has 1 unspecified atom stereocenters. The summed E-state index contributed by atoms with van der Waals surface area (Å²) in [4.78, 5) is 1.32. The molecule has 0 fully saturated rings. The van der Waals surface area contributed by atoms with Gasteiger partial charge in [-0.15, -0.1) is 11.8 Å². The van der Waals surface area contributed by atoms with Gasteiger partial charge < -0.3 is 5.73 Å². The Balaban J connectivity index is 2.49. The normalized spacial score (nSPS) is 13.1. The summed E-state index contributed by atoms with van der Waals surface area (Å²) < 4.78 is 0. The van der Waals surface area contributed by atoms with E-state index in [1.807, 2.05) is 0 Å². The van der Waals surface area contributed by atoms with E-state index in [1.54, 1.807) is 11.8 Å². The number of benzene rings is 1. The monoisotopic (exact) mass is 223 g/mol. The van der Waals surface area contributed by atoms with E-state index in [-0.39, 0.29) is 0 Å². The average molecular weight is 223 g/mol. The molecule has 0 radical (unpaired) electrons. The Bertz CT molecular complexity index is 279. The van der Waals surface area contributed by atoms with Gasteiger partial charge in [-0.25, -0.2) is 0 Å². The van der Waals surface area contributed by atoms with Crippen LogP contribution in [0.15, 0.2) is 29.2 Å². The summed E-state index contributed by atoms with van der Waals surface area (Å²) >= 11 is 1.78. The maximum Gasteiger partial charge on any atom is 0.00817 e. The molecule has 0 aliphatic heterocycles. The first-order valence-electron chi connectivity index (χ1n) is 5.50. The molecule has 0 bridgehead atoms. The van der Waals surface area contributed by atoms with E-state index < -0.39 is 0 Å². The number of rotatable bonds is 5. The van der Waals surface area contributed by atoms with Crippen LogP contribution in [0.5, 0.6) is 0 Å². The minimum Gasteiger partial charge on any atom is -0.327 e. The van der Waals surface area contributed by atoms with Gasteiger partial charge in [0, 0.05) is 10.9 Å². The Labute approximate surface area is 97.4 Å². The van der Waals surface area contributed by atoms with Crippen LogP contribution in [0.3, 0.4) is 0 Å². The van der Waals surface area contributed by atoms with Crippen LogP contribution < -0.4 is 5.73 Å². The first-order valence-corrected chi connectivity index (χ1v) is 6.72. The minimum absolute atomic E-state index is 0.296. The van der Waals surface area contributed by atoms with Crippen LogP contribution in [0.1, 0.15) is 25.8 Å². The van der Waals surface area contributed by atoms with Crippen molar-refractivity contribution in [1.29, 1.82) is 0 Å². The highest BCUT2D eigenvalue weighted by Gasteiger charge is 2.06. The van der Waals surface area contributed by atoms with Crippen LogP contribution in [0.4, 0.5) is 0 Å². The van der Waals surface area contributed by atoms with E-state index in [4.69, 9.17) is 5.73 Å². The van der Waals surface area contributed by atoms with Gasteiger partial charge in [0.05, 0.1) is 0 Å². The summed E-state index contributed by atoms with van der Waals surface area (Å²) in [5.74, 6) is 0.686. The molecule has 84 valence electrons. The van der Waals surface area contributed by atoms with Gasteiger partial charge in [-0.2, -0.15) is 0 Å². The van der Waals surface area contributed by atoms with Gasteiger partial charge in [-0.3, -0.25) is 0 Å². The lowest BCUT2D eigenvalue weighted by molar-refractivity contribution is 0.493. The topological polar surface area (TPSA) is 26.0 Å². The van der Waals surface area contributed by atoms with Crippen LogP contribution in [-0.2, 0) is 6.42 Å². The van der Waals surface area contributed by atoms with Crippen molar-refractivity contribution < 1.29 is 0 Å². The van der Waals surface area contributed by atoms with Gasteiger partial charge >= 0.3 is 0 Å². The molecule has 1 aromatic rings. The molecular weight excluding hydrogens is 202 g/mol. The summed E-state index contributed by atoms with van der Waals surface area (Å²) in [6, 6.07) is 9.01. The second-order valence-corrected chi connectivity index (χ2v) is 5.32. The fraction of sp³-hybridized carbons (Fsp3) is 0.538. The Morgan fingerprint density at radius 1 is 1.20 bits per heavy atom. The van der Waals surface area contributed by atoms with Gasteiger partial charge in [-0.1, -0.05) is 26.0 Å². The molecule has 0 heterocycles. The largest absolute Gasteiger partial charge is 0.327 e. The zero-order chi connectivity index (χ0) is 11.3. The Morgan fingerprint density at radius 2 is 1.80 bits per heavy atom. The summed E-state index contributed by atoms with van der Waals surface area (Å²) in [7, 11) is 0. The first kappa shape index (κ1) is 12.6. The highest BCUT2D eigenvalue weighted by atomic mass is 32.2. The molecule has 1 nitrogen and oxygen atoms in total. The molecular formula is C13H21NS. The van der Waals surface area contributed by atoms with Gasteiger partial charge in [0.25, 0.3) is 0 Å². The minimum atomic E-state index is 0.296. The van der Waals surface area contributed by atoms with Crippen molar-refractivity contribution in [3.63, 3.8) is 0 Å². The third kappa shape index (κ3) is 4.72. The predicted octanol–water partition coefficient (Wildman–Crippen LogP) is 3.32. The smallest absolute Gasteiger partial charge is 0.00817 e. The molecule has 0 aromatic heterocycles. The maximum absolute atomic E-state index is 6.07.